The van der Waals surface area contributed by atoms with Crippen LogP contribution in [0.3, 0.4) is 0 Å². The van der Waals surface area contributed by atoms with E-state index in [0.717, 1.165) is 24.9 Å². The largest absolute Gasteiger partial charge is 0.444 e. The number of carbonyl (C=O) groups excluding carboxylic acids is 1. The van der Waals surface area contributed by atoms with Gasteiger partial charge in [0.2, 0.25) is 0 Å². The summed E-state index contributed by atoms with van der Waals surface area (Å²) in [6.45, 7) is 7.59. The standard InChI is InChI=1S/C16H25ClN4O2S/c1-16(2,3)23-15(22)21-7-5-6-12(10-21)18-8-11-9-19-14(24-4)20-13(11)17/h9,12,18H,5-8,10H2,1-4H3. The zero-order valence-electron chi connectivity index (χ0n) is 14.6. The molecular formula is C16H25ClN4O2S. The number of nitrogens with zero attached hydrogens (tertiary/aromatic N) is 3. The van der Waals surface area contributed by atoms with E-state index in [4.69, 9.17) is 16.3 Å². The average Bonchev–Trinajstić information content (AvgIpc) is 2.52. The van der Waals surface area contributed by atoms with Crippen molar-refractivity contribution in [3.63, 3.8) is 0 Å². The van der Waals surface area contributed by atoms with Crippen molar-refractivity contribution < 1.29 is 9.53 Å². The molecule has 24 heavy (non-hydrogen) atoms. The van der Waals surface area contributed by atoms with Gasteiger partial charge in [-0.05, 0) is 39.9 Å². The molecule has 2 rings (SSSR count). The Hall–Kier alpha value is -1.05. The molecule has 0 saturated carbocycles. The van der Waals surface area contributed by atoms with Crippen molar-refractivity contribution in [2.45, 2.75) is 57.0 Å². The normalized spacial score (nSPS) is 18.5. The summed E-state index contributed by atoms with van der Waals surface area (Å²) in [5.74, 6) is 0. The van der Waals surface area contributed by atoms with Crippen molar-refractivity contribution in [1.29, 1.82) is 0 Å². The maximum Gasteiger partial charge on any atom is 0.410 e. The molecule has 2 heterocycles. The predicted molar refractivity (Wildman–Crippen MR) is 96.5 cm³/mol. The second-order valence-corrected chi connectivity index (χ2v) is 7.95. The summed E-state index contributed by atoms with van der Waals surface area (Å²) in [6, 6.07) is 0.211. The van der Waals surface area contributed by atoms with Gasteiger partial charge >= 0.3 is 6.09 Å². The summed E-state index contributed by atoms with van der Waals surface area (Å²) in [5.41, 5.74) is 0.394. The number of aromatic nitrogens is 2. The van der Waals surface area contributed by atoms with E-state index in [1.807, 2.05) is 27.0 Å². The maximum atomic E-state index is 12.2. The van der Waals surface area contributed by atoms with Crippen LogP contribution < -0.4 is 5.32 Å². The van der Waals surface area contributed by atoms with Gasteiger partial charge in [-0.15, -0.1) is 0 Å². The number of thioether (sulfide) groups is 1. The molecule has 0 spiro atoms. The van der Waals surface area contributed by atoms with Gasteiger partial charge in [-0.2, -0.15) is 0 Å². The Balaban J connectivity index is 1.88. The van der Waals surface area contributed by atoms with E-state index in [1.165, 1.54) is 11.8 Å². The molecule has 8 heteroatoms. The highest BCUT2D eigenvalue weighted by Gasteiger charge is 2.27. The third-order valence-electron chi connectivity index (χ3n) is 3.63. The lowest BCUT2D eigenvalue weighted by Gasteiger charge is -2.34. The van der Waals surface area contributed by atoms with Crippen molar-refractivity contribution in [3.8, 4) is 0 Å². The summed E-state index contributed by atoms with van der Waals surface area (Å²) in [7, 11) is 0. The molecule has 1 aromatic heterocycles. The van der Waals surface area contributed by atoms with Crippen LogP contribution in [0.1, 0.15) is 39.2 Å². The van der Waals surface area contributed by atoms with Gasteiger partial charge in [-0.25, -0.2) is 14.8 Å². The zero-order valence-corrected chi connectivity index (χ0v) is 16.2. The molecule has 0 bridgehead atoms. The van der Waals surface area contributed by atoms with Gasteiger partial charge in [-0.1, -0.05) is 23.4 Å². The lowest BCUT2D eigenvalue weighted by molar-refractivity contribution is 0.0187. The van der Waals surface area contributed by atoms with Gasteiger partial charge in [0, 0.05) is 37.4 Å². The number of nitrogens with one attached hydrogen (secondary N) is 1. The molecule has 0 aromatic carbocycles. The Morgan fingerprint density at radius 1 is 1.54 bits per heavy atom. The minimum Gasteiger partial charge on any atom is -0.444 e. The summed E-state index contributed by atoms with van der Waals surface area (Å²) in [5, 5.41) is 4.58. The smallest absolute Gasteiger partial charge is 0.410 e. The summed E-state index contributed by atoms with van der Waals surface area (Å²) >= 11 is 7.65. The molecule has 1 saturated heterocycles. The van der Waals surface area contributed by atoms with Crippen LogP contribution in [0.2, 0.25) is 5.15 Å². The van der Waals surface area contributed by atoms with Crippen LogP contribution >= 0.6 is 23.4 Å². The van der Waals surface area contributed by atoms with Crippen molar-refractivity contribution in [2.24, 2.45) is 0 Å². The number of amides is 1. The number of halogens is 1. The molecule has 1 amide bonds. The van der Waals surface area contributed by atoms with Crippen LogP contribution in [0, 0.1) is 0 Å². The number of ether oxygens (including phenoxy) is 1. The maximum absolute atomic E-state index is 12.2. The molecular weight excluding hydrogens is 348 g/mol. The first-order valence-electron chi connectivity index (χ1n) is 8.05. The number of piperidine rings is 1. The lowest BCUT2D eigenvalue weighted by atomic mass is 10.1. The monoisotopic (exact) mass is 372 g/mol. The third-order valence-corrected chi connectivity index (χ3v) is 4.52. The van der Waals surface area contributed by atoms with Gasteiger partial charge < -0.3 is 15.0 Å². The topological polar surface area (TPSA) is 67.4 Å². The first-order valence-corrected chi connectivity index (χ1v) is 9.65. The van der Waals surface area contributed by atoms with Crippen LogP contribution in [0.5, 0.6) is 0 Å². The van der Waals surface area contributed by atoms with Gasteiger partial charge in [-0.3, -0.25) is 0 Å². The van der Waals surface area contributed by atoms with Crippen LogP contribution in [-0.2, 0) is 11.3 Å². The lowest BCUT2D eigenvalue weighted by Crippen LogP contribution is -2.49. The van der Waals surface area contributed by atoms with Crippen molar-refractivity contribution in [2.75, 3.05) is 19.3 Å². The van der Waals surface area contributed by atoms with Crippen LogP contribution in [0.4, 0.5) is 4.79 Å². The molecule has 0 aliphatic carbocycles. The quantitative estimate of drug-likeness (QED) is 0.496. The van der Waals surface area contributed by atoms with E-state index in [9.17, 15) is 4.79 Å². The van der Waals surface area contributed by atoms with E-state index < -0.39 is 5.60 Å². The molecule has 134 valence electrons. The van der Waals surface area contributed by atoms with E-state index in [0.29, 0.717) is 23.4 Å². The van der Waals surface area contributed by atoms with Gasteiger partial charge in [0.1, 0.15) is 10.8 Å². The molecule has 0 radical (unpaired) electrons. The molecule has 1 aliphatic rings. The van der Waals surface area contributed by atoms with Gasteiger partial charge in [0.15, 0.2) is 5.16 Å². The van der Waals surface area contributed by atoms with Crippen molar-refractivity contribution in [3.05, 3.63) is 16.9 Å². The fourth-order valence-electron chi connectivity index (χ4n) is 2.48. The third kappa shape index (κ3) is 5.79. The molecule has 1 unspecified atom stereocenters. The highest BCUT2D eigenvalue weighted by Crippen LogP contribution is 2.18. The Kier molecular flexibility index (Phi) is 6.71. The summed E-state index contributed by atoms with van der Waals surface area (Å²) in [4.78, 5) is 22.4. The van der Waals surface area contributed by atoms with Crippen LogP contribution in [-0.4, -0.2) is 51.9 Å². The van der Waals surface area contributed by atoms with Crippen LogP contribution in [0.25, 0.3) is 0 Å². The van der Waals surface area contributed by atoms with Crippen molar-refractivity contribution in [1.82, 2.24) is 20.2 Å². The number of hydrogen-bond acceptors (Lipinski definition) is 6. The van der Waals surface area contributed by atoms with Gasteiger partial charge in [0.05, 0.1) is 0 Å². The summed E-state index contributed by atoms with van der Waals surface area (Å²) < 4.78 is 5.45. The molecule has 1 aliphatic heterocycles. The average molecular weight is 373 g/mol. The van der Waals surface area contributed by atoms with Crippen LogP contribution in [0.15, 0.2) is 11.4 Å². The minimum atomic E-state index is -0.471. The predicted octanol–water partition coefficient (Wildman–Crippen LogP) is 3.34. The Labute approximate surface area is 152 Å². The SMILES string of the molecule is CSc1ncc(CNC2CCCN(C(=O)OC(C)(C)C)C2)c(Cl)n1. The highest BCUT2D eigenvalue weighted by molar-refractivity contribution is 7.98. The Bertz CT molecular complexity index is 580. The number of carbonyl (C=O) groups is 1. The molecule has 1 atom stereocenters. The number of hydrogen-bond donors (Lipinski definition) is 1. The van der Waals surface area contributed by atoms with E-state index in [2.05, 4.69) is 15.3 Å². The molecule has 6 nitrogen and oxygen atoms in total. The zero-order chi connectivity index (χ0) is 17.7. The summed E-state index contributed by atoms with van der Waals surface area (Å²) in [6.07, 6.45) is 5.38. The Morgan fingerprint density at radius 2 is 2.29 bits per heavy atom. The first kappa shape index (κ1) is 19.3. The molecule has 1 N–H and O–H groups in total. The number of likely N-dealkylation sites (tertiary alicyclic amines) is 1. The first-order chi connectivity index (χ1) is 11.3. The number of rotatable bonds is 4. The Morgan fingerprint density at radius 3 is 2.92 bits per heavy atom. The second-order valence-electron chi connectivity index (χ2n) is 6.82. The highest BCUT2D eigenvalue weighted by atomic mass is 35.5. The fourth-order valence-corrected chi connectivity index (χ4v) is 3.06. The van der Waals surface area contributed by atoms with E-state index in [1.54, 1.807) is 11.1 Å². The van der Waals surface area contributed by atoms with Crippen molar-refractivity contribution >= 4 is 29.5 Å². The van der Waals surface area contributed by atoms with Gasteiger partial charge in [0.25, 0.3) is 0 Å². The fraction of sp³-hybridized carbons (Fsp3) is 0.688. The minimum absolute atomic E-state index is 0.211. The molecule has 1 fully saturated rings. The molecule has 1 aromatic rings. The van der Waals surface area contributed by atoms with E-state index >= 15 is 0 Å². The van der Waals surface area contributed by atoms with E-state index in [-0.39, 0.29) is 12.1 Å². The second kappa shape index (κ2) is 8.36.